The monoisotopic (exact) mass is 273 g/mol. The van der Waals surface area contributed by atoms with E-state index >= 15 is 0 Å². The fraction of sp³-hybridized carbons (Fsp3) is 0.462. The summed E-state index contributed by atoms with van der Waals surface area (Å²) in [5.74, 6) is 0. The van der Waals surface area contributed by atoms with Gasteiger partial charge in [0.25, 0.3) is 0 Å². The molecule has 102 valence electrons. The molecule has 1 rings (SSSR count). The van der Waals surface area contributed by atoms with E-state index in [4.69, 9.17) is 5.73 Å². The number of halogens is 1. The molecule has 0 unspecified atom stereocenters. The Morgan fingerprint density at radius 3 is 2.00 bits per heavy atom. The zero-order valence-corrected chi connectivity index (χ0v) is 11.6. The van der Waals surface area contributed by atoms with Crippen molar-refractivity contribution >= 4 is 18.7 Å². The number of rotatable bonds is 3. The van der Waals surface area contributed by atoms with E-state index in [2.05, 4.69) is 0 Å². The van der Waals surface area contributed by atoms with E-state index in [-0.39, 0.29) is 12.4 Å². The summed E-state index contributed by atoms with van der Waals surface area (Å²) < 4.78 is 0. The van der Waals surface area contributed by atoms with Crippen molar-refractivity contribution in [3.8, 4) is 0 Å². The average Bonchev–Trinajstić information content (AvgIpc) is 2.27. The van der Waals surface area contributed by atoms with Gasteiger partial charge in [-0.1, -0.05) is 45.0 Å². The first-order chi connectivity index (χ1) is 7.69. The summed E-state index contributed by atoms with van der Waals surface area (Å²) in [5, 5.41) is 20.2. The predicted molar refractivity (Wildman–Crippen MR) is 72.6 cm³/mol. The van der Waals surface area contributed by atoms with Gasteiger partial charge in [-0.2, -0.15) is 0 Å². The Balaban J connectivity index is 0.00000289. The van der Waals surface area contributed by atoms with Gasteiger partial charge in [-0.15, -0.1) is 12.4 Å². The molecule has 0 aliphatic heterocycles. The fourth-order valence-corrected chi connectivity index (χ4v) is 1.65. The second kappa shape index (κ2) is 5.80. The van der Waals surface area contributed by atoms with Crippen molar-refractivity contribution < 1.29 is 15.0 Å². The molecule has 0 radical (unpaired) electrons. The minimum Gasteiger partial charge on any atom is -0.388 e. The van der Waals surface area contributed by atoms with Gasteiger partial charge in [0.05, 0.1) is 0 Å². The lowest BCUT2D eigenvalue weighted by Crippen LogP contribution is -2.53. The van der Waals surface area contributed by atoms with Gasteiger partial charge in [-0.25, -0.2) is 0 Å². The lowest BCUT2D eigenvalue weighted by atomic mass is 9.80. The second-order valence-electron chi connectivity index (χ2n) is 5.33. The zero-order chi connectivity index (χ0) is 13.3. The van der Waals surface area contributed by atoms with Crippen molar-refractivity contribution in [1.29, 1.82) is 0 Å². The van der Waals surface area contributed by atoms with E-state index in [0.717, 1.165) is 0 Å². The number of hydrogen-bond donors (Lipinski definition) is 3. The molecule has 1 aromatic rings. The molecule has 5 heteroatoms. The topological polar surface area (TPSA) is 83.6 Å². The van der Waals surface area contributed by atoms with Gasteiger partial charge in [0, 0.05) is 11.1 Å². The average molecular weight is 274 g/mol. The molecule has 0 spiro atoms. The van der Waals surface area contributed by atoms with Crippen molar-refractivity contribution in [2.45, 2.75) is 32.6 Å². The van der Waals surface area contributed by atoms with E-state index < -0.39 is 17.2 Å². The number of carbonyl (C=O) groups is 1. The summed E-state index contributed by atoms with van der Waals surface area (Å²) in [5.41, 5.74) is 4.27. The Kier molecular flexibility index (Phi) is 5.50. The van der Waals surface area contributed by atoms with E-state index in [1.165, 1.54) is 0 Å². The molecule has 0 bridgehead atoms. The molecule has 0 aromatic heterocycles. The maximum Gasteiger partial charge on any atom is 0.166 e. The maximum atomic E-state index is 10.5. The first kappa shape index (κ1) is 17.1. The molecule has 2 atom stereocenters. The molecule has 0 fully saturated rings. The third kappa shape index (κ3) is 3.53. The van der Waals surface area contributed by atoms with E-state index in [1.54, 1.807) is 45.0 Å². The van der Waals surface area contributed by atoms with Crippen molar-refractivity contribution in [3.63, 3.8) is 0 Å². The van der Waals surface area contributed by atoms with Crippen LogP contribution in [0, 0.1) is 5.41 Å². The molecule has 0 saturated carbocycles. The molecule has 18 heavy (non-hydrogen) atoms. The Morgan fingerprint density at radius 2 is 1.67 bits per heavy atom. The molecule has 0 heterocycles. The van der Waals surface area contributed by atoms with Crippen molar-refractivity contribution in [2.75, 3.05) is 0 Å². The summed E-state index contributed by atoms with van der Waals surface area (Å²) in [7, 11) is 0. The van der Waals surface area contributed by atoms with Crippen LogP contribution in [0.1, 0.15) is 36.7 Å². The summed E-state index contributed by atoms with van der Waals surface area (Å²) in [6, 6.07) is 6.18. The molecular formula is C13H20ClNO3. The number of nitrogens with two attached hydrogens (primary N) is 1. The van der Waals surface area contributed by atoms with Gasteiger partial charge in [0.1, 0.15) is 12.4 Å². The molecular weight excluding hydrogens is 254 g/mol. The van der Waals surface area contributed by atoms with Crippen LogP contribution in [0.3, 0.4) is 0 Å². The summed E-state index contributed by atoms with van der Waals surface area (Å²) >= 11 is 0. The van der Waals surface area contributed by atoms with Gasteiger partial charge in [0.15, 0.2) is 5.72 Å². The smallest absolute Gasteiger partial charge is 0.166 e. The van der Waals surface area contributed by atoms with Crippen LogP contribution in [-0.4, -0.2) is 22.6 Å². The van der Waals surface area contributed by atoms with Gasteiger partial charge in [-0.3, -0.25) is 10.5 Å². The molecule has 0 amide bonds. The largest absolute Gasteiger partial charge is 0.388 e. The van der Waals surface area contributed by atoms with Crippen molar-refractivity contribution in [3.05, 3.63) is 35.4 Å². The molecule has 1 aromatic carbocycles. The number of aliphatic hydroxyl groups is 2. The molecule has 0 aliphatic carbocycles. The number of hydrogen-bond acceptors (Lipinski definition) is 4. The number of aldehydes is 1. The minimum atomic E-state index is -1.83. The highest BCUT2D eigenvalue weighted by Crippen LogP contribution is 2.31. The van der Waals surface area contributed by atoms with Crippen molar-refractivity contribution in [2.24, 2.45) is 11.1 Å². The Bertz CT molecular complexity index is 396. The Hall–Kier alpha value is -0.940. The van der Waals surface area contributed by atoms with Crippen LogP contribution in [0.2, 0.25) is 0 Å². The number of carbonyl (C=O) groups excluding carboxylic acids is 1. The van der Waals surface area contributed by atoms with E-state index in [9.17, 15) is 15.0 Å². The number of benzene rings is 1. The predicted octanol–water partition coefficient (Wildman–Crippen LogP) is 1.43. The molecule has 4 N–H and O–H groups in total. The van der Waals surface area contributed by atoms with E-state index in [0.29, 0.717) is 17.4 Å². The summed E-state index contributed by atoms with van der Waals surface area (Å²) in [6.07, 6.45) is -0.406. The fourth-order valence-electron chi connectivity index (χ4n) is 1.65. The second-order valence-corrected chi connectivity index (χ2v) is 5.33. The molecule has 0 saturated heterocycles. The van der Waals surface area contributed by atoms with Crippen LogP contribution < -0.4 is 5.73 Å². The maximum absolute atomic E-state index is 10.5. The van der Waals surface area contributed by atoms with E-state index in [1.807, 2.05) is 0 Å². The SMILES string of the molecule is CC(C)(C)[C@@H](O)[C@](N)(O)c1ccc(C=O)cc1.Cl. The van der Waals surface area contributed by atoms with Crippen molar-refractivity contribution in [1.82, 2.24) is 0 Å². The molecule has 4 nitrogen and oxygen atoms in total. The summed E-state index contributed by atoms with van der Waals surface area (Å²) in [6.45, 7) is 5.36. The Morgan fingerprint density at radius 1 is 1.22 bits per heavy atom. The van der Waals surface area contributed by atoms with Crippen LogP contribution in [-0.2, 0) is 5.72 Å². The minimum absolute atomic E-state index is 0. The highest BCUT2D eigenvalue weighted by Gasteiger charge is 2.40. The quantitative estimate of drug-likeness (QED) is 0.575. The first-order valence-corrected chi connectivity index (χ1v) is 5.44. The zero-order valence-electron chi connectivity index (χ0n) is 10.8. The lowest BCUT2D eigenvalue weighted by Gasteiger charge is -2.37. The van der Waals surface area contributed by atoms with Crippen LogP contribution in [0.4, 0.5) is 0 Å². The first-order valence-electron chi connectivity index (χ1n) is 5.44. The molecule has 0 aliphatic rings. The van der Waals surface area contributed by atoms with Crippen LogP contribution in [0.15, 0.2) is 24.3 Å². The highest BCUT2D eigenvalue weighted by molar-refractivity contribution is 5.85. The van der Waals surface area contributed by atoms with Crippen LogP contribution >= 0.6 is 12.4 Å². The normalized spacial score (nSPS) is 16.3. The van der Waals surface area contributed by atoms with Gasteiger partial charge in [0.2, 0.25) is 0 Å². The van der Waals surface area contributed by atoms with Gasteiger partial charge >= 0.3 is 0 Å². The van der Waals surface area contributed by atoms with Crippen LogP contribution in [0.5, 0.6) is 0 Å². The number of aliphatic hydroxyl groups excluding tert-OH is 1. The van der Waals surface area contributed by atoms with Crippen LogP contribution in [0.25, 0.3) is 0 Å². The highest BCUT2D eigenvalue weighted by atomic mass is 35.5. The third-order valence-electron chi connectivity index (χ3n) is 2.75. The van der Waals surface area contributed by atoms with Gasteiger partial charge in [-0.05, 0) is 5.41 Å². The van der Waals surface area contributed by atoms with Gasteiger partial charge < -0.3 is 10.2 Å². The third-order valence-corrected chi connectivity index (χ3v) is 2.75. The lowest BCUT2D eigenvalue weighted by molar-refractivity contribution is -0.123. The Labute approximate surface area is 113 Å². The standard InChI is InChI=1S/C13H19NO3.ClH/c1-12(2,3)11(16)13(14,17)10-6-4-9(8-15)5-7-10;/h4-8,11,16-17H,14H2,1-3H3;1H/t11-,13-;/m1./s1. The summed E-state index contributed by atoms with van der Waals surface area (Å²) in [4.78, 5) is 10.5.